The van der Waals surface area contributed by atoms with Crippen molar-refractivity contribution >= 4 is 11.3 Å². The molecule has 1 nitrogen and oxygen atoms in total. The Kier molecular flexibility index (Phi) is 5.34. The molecule has 0 aromatic carbocycles. The maximum Gasteiger partial charge on any atom is 0.0884 e. The lowest BCUT2D eigenvalue weighted by molar-refractivity contribution is 0.170. The van der Waals surface area contributed by atoms with Crippen LogP contribution in [-0.2, 0) is 12.8 Å². The van der Waals surface area contributed by atoms with Gasteiger partial charge in [0.25, 0.3) is 0 Å². The van der Waals surface area contributed by atoms with Crippen LogP contribution in [0.25, 0.3) is 0 Å². The molecule has 0 saturated heterocycles. The molecule has 1 N–H and O–H groups in total. The molecular weight excluding hydrogens is 204 g/mol. The Morgan fingerprint density at radius 1 is 1.40 bits per heavy atom. The molecule has 15 heavy (non-hydrogen) atoms. The topological polar surface area (TPSA) is 20.2 Å². The third-order valence-electron chi connectivity index (χ3n) is 2.72. The molecule has 1 aromatic rings. The molecule has 1 aliphatic rings. The van der Waals surface area contributed by atoms with Crippen molar-refractivity contribution < 1.29 is 5.11 Å². The average molecular weight is 226 g/mol. The predicted molar refractivity (Wildman–Crippen MR) is 67.6 cm³/mol. The fraction of sp³-hybridized carbons (Fsp3) is 0.692. The van der Waals surface area contributed by atoms with Gasteiger partial charge in [0.2, 0.25) is 0 Å². The van der Waals surface area contributed by atoms with Crippen LogP contribution in [0.2, 0.25) is 0 Å². The van der Waals surface area contributed by atoms with Gasteiger partial charge < -0.3 is 5.11 Å². The molecule has 0 aliphatic heterocycles. The van der Waals surface area contributed by atoms with Gasteiger partial charge in [0, 0.05) is 9.75 Å². The van der Waals surface area contributed by atoms with E-state index in [2.05, 4.69) is 13.0 Å². The highest BCUT2D eigenvalue weighted by Gasteiger charge is 2.18. The Labute approximate surface area is 97.2 Å². The molecule has 0 amide bonds. The van der Waals surface area contributed by atoms with Gasteiger partial charge in [0.05, 0.1) is 6.10 Å². The zero-order valence-electron chi connectivity index (χ0n) is 10.0. The summed E-state index contributed by atoms with van der Waals surface area (Å²) in [5.41, 5.74) is 1.41. The highest BCUT2D eigenvalue weighted by atomic mass is 32.1. The molecule has 1 unspecified atom stereocenters. The summed E-state index contributed by atoms with van der Waals surface area (Å²) in [6.07, 6.45) is 5.46. The Balaban J connectivity index is 0.000000531. The van der Waals surface area contributed by atoms with E-state index in [1.807, 2.05) is 13.8 Å². The van der Waals surface area contributed by atoms with E-state index in [9.17, 15) is 5.11 Å². The summed E-state index contributed by atoms with van der Waals surface area (Å²) in [6, 6.07) is 2.29. The van der Waals surface area contributed by atoms with Gasteiger partial charge >= 0.3 is 0 Å². The van der Waals surface area contributed by atoms with E-state index >= 15 is 0 Å². The minimum Gasteiger partial charge on any atom is -0.388 e. The Morgan fingerprint density at radius 3 is 2.80 bits per heavy atom. The van der Waals surface area contributed by atoms with Gasteiger partial charge in [-0.3, -0.25) is 0 Å². The largest absolute Gasteiger partial charge is 0.388 e. The Hall–Kier alpha value is -0.340. The minimum absolute atomic E-state index is 0.178. The third kappa shape index (κ3) is 3.05. The molecule has 1 aliphatic carbocycles. The normalized spacial score (nSPS) is 19.9. The standard InChI is InChI=1S/C11H16OS.C2H6/c1-2-9-7-8-5-3-4-6-10(12)11(8)13-9;1-2/h7,10,12H,2-6H2,1H3;1-2H3. The first-order valence-electron chi connectivity index (χ1n) is 6.10. The lowest BCUT2D eigenvalue weighted by atomic mass is 10.1. The van der Waals surface area contributed by atoms with Crippen LogP contribution in [0.5, 0.6) is 0 Å². The Morgan fingerprint density at radius 2 is 2.13 bits per heavy atom. The van der Waals surface area contributed by atoms with Crippen LogP contribution < -0.4 is 0 Å². The number of hydrogen-bond donors (Lipinski definition) is 1. The number of aliphatic hydroxyl groups is 1. The van der Waals surface area contributed by atoms with Crippen molar-refractivity contribution in [1.29, 1.82) is 0 Å². The molecule has 2 heteroatoms. The Bertz CT molecular complexity index is 291. The van der Waals surface area contributed by atoms with Gasteiger partial charge in [-0.15, -0.1) is 11.3 Å². The SMILES string of the molecule is CC.CCc1cc2c(s1)C(O)CCCC2. The van der Waals surface area contributed by atoms with Crippen molar-refractivity contribution in [3.63, 3.8) is 0 Å². The number of aryl methyl sites for hydroxylation is 2. The first kappa shape index (κ1) is 12.7. The fourth-order valence-corrected chi connectivity index (χ4v) is 3.11. The summed E-state index contributed by atoms with van der Waals surface area (Å²) in [7, 11) is 0. The van der Waals surface area contributed by atoms with Gasteiger partial charge in [-0.25, -0.2) is 0 Å². The summed E-state index contributed by atoms with van der Waals surface area (Å²) in [6.45, 7) is 6.18. The molecule has 86 valence electrons. The second-order valence-electron chi connectivity index (χ2n) is 3.72. The first-order valence-corrected chi connectivity index (χ1v) is 6.92. The monoisotopic (exact) mass is 226 g/mol. The van der Waals surface area contributed by atoms with Crippen molar-refractivity contribution in [1.82, 2.24) is 0 Å². The van der Waals surface area contributed by atoms with Crippen LogP contribution in [0.15, 0.2) is 6.07 Å². The number of thiophene rings is 1. The highest BCUT2D eigenvalue weighted by molar-refractivity contribution is 7.12. The van der Waals surface area contributed by atoms with Crippen molar-refractivity contribution in [2.75, 3.05) is 0 Å². The maximum atomic E-state index is 9.86. The molecular formula is C13H22OS. The molecule has 1 aromatic heterocycles. The third-order valence-corrected chi connectivity index (χ3v) is 4.14. The zero-order valence-corrected chi connectivity index (χ0v) is 10.9. The number of aliphatic hydroxyl groups excluding tert-OH is 1. The second-order valence-corrected chi connectivity index (χ2v) is 4.89. The fourth-order valence-electron chi connectivity index (χ4n) is 1.94. The van der Waals surface area contributed by atoms with Crippen LogP contribution in [0.1, 0.15) is 61.5 Å². The molecule has 0 radical (unpaired) electrons. The maximum absolute atomic E-state index is 9.86. The molecule has 0 spiro atoms. The zero-order chi connectivity index (χ0) is 11.3. The van der Waals surface area contributed by atoms with Crippen LogP contribution in [0, 0.1) is 0 Å². The van der Waals surface area contributed by atoms with Gasteiger partial charge in [-0.1, -0.05) is 27.2 Å². The van der Waals surface area contributed by atoms with Crippen molar-refractivity contribution in [3.05, 3.63) is 21.4 Å². The van der Waals surface area contributed by atoms with Gasteiger partial charge in [0.15, 0.2) is 0 Å². The lowest BCUT2D eigenvalue weighted by Crippen LogP contribution is -1.92. The highest BCUT2D eigenvalue weighted by Crippen LogP contribution is 2.35. The van der Waals surface area contributed by atoms with E-state index in [0.29, 0.717) is 0 Å². The average Bonchev–Trinajstić information content (AvgIpc) is 2.63. The summed E-state index contributed by atoms with van der Waals surface area (Å²) in [5, 5.41) is 9.86. The first-order chi connectivity index (χ1) is 7.31. The molecule has 2 rings (SSSR count). The molecule has 0 bridgehead atoms. The molecule has 0 fully saturated rings. The van der Waals surface area contributed by atoms with E-state index < -0.39 is 0 Å². The van der Waals surface area contributed by atoms with Gasteiger partial charge in [-0.2, -0.15) is 0 Å². The molecule has 0 saturated carbocycles. The molecule has 1 heterocycles. The van der Waals surface area contributed by atoms with Crippen LogP contribution >= 0.6 is 11.3 Å². The van der Waals surface area contributed by atoms with Crippen LogP contribution in [0.3, 0.4) is 0 Å². The van der Waals surface area contributed by atoms with Crippen molar-refractivity contribution in [3.8, 4) is 0 Å². The van der Waals surface area contributed by atoms with E-state index in [4.69, 9.17) is 0 Å². The number of fused-ring (bicyclic) bond motifs is 1. The van der Waals surface area contributed by atoms with Crippen molar-refractivity contribution in [2.24, 2.45) is 0 Å². The van der Waals surface area contributed by atoms with E-state index in [-0.39, 0.29) is 6.10 Å². The minimum atomic E-state index is -0.178. The quantitative estimate of drug-likeness (QED) is 0.715. The van der Waals surface area contributed by atoms with Gasteiger partial charge in [-0.05, 0) is 37.3 Å². The van der Waals surface area contributed by atoms with Gasteiger partial charge in [0.1, 0.15) is 0 Å². The smallest absolute Gasteiger partial charge is 0.0884 e. The number of hydrogen-bond acceptors (Lipinski definition) is 2. The van der Waals surface area contributed by atoms with Crippen LogP contribution in [0.4, 0.5) is 0 Å². The van der Waals surface area contributed by atoms with E-state index in [1.165, 1.54) is 34.6 Å². The summed E-state index contributed by atoms with van der Waals surface area (Å²) < 4.78 is 0. The van der Waals surface area contributed by atoms with Crippen LogP contribution in [-0.4, -0.2) is 5.11 Å². The van der Waals surface area contributed by atoms with E-state index in [0.717, 1.165) is 12.8 Å². The van der Waals surface area contributed by atoms with Crippen molar-refractivity contribution in [2.45, 2.75) is 59.0 Å². The summed E-state index contributed by atoms with van der Waals surface area (Å²) in [4.78, 5) is 2.67. The molecule has 1 atom stereocenters. The summed E-state index contributed by atoms with van der Waals surface area (Å²) >= 11 is 1.81. The number of rotatable bonds is 1. The second kappa shape index (κ2) is 6.29. The van der Waals surface area contributed by atoms with E-state index in [1.54, 1.807) is 11.3 Å². The predicted octanol–water partition coefficient (Wildman–Crippen LogP) is 4.10. The summed E-state index contributed by atoms with van der Waals surface area (Å²) in [5.74, 6) is 0. The lowest BCUT2D eigenvalue weighted by Gasteiger charge is -2.05.